The molecule has 0 saturated carbocycles. The molecule has 1 atom stereocenters. The summed E-state index contributed by atoms with van der Waals surface area (Å²) in [6, 6.07) is 1.66. The van der Waals surface area contributed by atoms with Crippen molar-refractivity contribution in [3.63, 3.8) is 0 Å². The van der Waals surface area contributed by atoms with Crippen molar-refractivity contribution in [3.05, 3.63) is 35.1 Å². The highest BCUT2D eigenvalue weighted by Gasteiger charge is 2.31. The minimum Gasteiger partial charge on any atom is -0.324 e. The second-order valence-electron chi connectivity index (χ2n) is 4.81. The van der Waals surface area contributed by atoms with Gasteiger partial charge in [-0.25, -0.2) is 4.39 Å². The normalized spacial score (nSPS) is 13.3. The molecular formula is C13H18ClF4N. The molecule has 1 aromatic rings. The third kappa shape index (κ3) is 5.37. The van der Waals surface area contributed by atoms with Crippen LogP contribution in [0.4, 0.5) is 17.6 Å². The first-order chi connectivity index (χ1) is 8.21. The van der Waals surface area contributed by atoms with E-state index in [1.165, 1.54) is 0 Å². The number of hydrogen-bond acceptors (Lipinski definition) is 1. The van der Waals surface area contributed by atoms with Crippen LogP contribution in [0.15, 0.2) is 18.2 Å². The third-order valence-corrected chi connectivity index (χ3v) is 2.78. The Bertz CT molecular complexity index is 404. The first-order valence-corrected chi connectivity index (χ1v) is 5.84. The van der Waals surface area contributed by atoms with E-state index in [0.717, 1.165) is 24.6 Å². The molecule has 0 aliphatic rings. The Hall–Kier alpha value is -0.810. The van der Waals surface area contributed by atoms with Crippen molar-refractivity contribution in [1.82, 2.24) is 0 Å². The predicted molar refractivity (Wildman–Crippen MR) is 69.7 cm³/mol. The van der Waals surface area contributed by atoms with Gasteiger partial charge in [-0.15, -0.1) is 12.4 Å². The highest BCUT2D eigenvalue weighted by atomic mass is 35.5. The Morgan fingerprint density at radius 3 is 2.21 bits per heavy atom. The van der Waals surface area contributed by atoms with Crippen LogP contribution >= 0.6 is 12.4 Å². The van der Waals surface area contributed by atoms with E-state index in [1.54, 1.807) is 0 Å². The molecule has 19 heavy (non-hydrogen) atoms. The summed E-state index contributed by atoms with van der Waals surface area (Å²) in [4.78, 5) is 0. The summed E-state index contributed by atoms with van der Waals surface area (Å²) in [5, 5.41) is 0. The summed E-state index contributed by atoms with van der Waals surface area (Å²) in [6.07, 6.45) is -3.26. The minimum absolute atomic E-state index is 0. The van der Waals surface area contributed by atoms with Crippen LogP contribution < -0.4 is 5.73 Å². The lowest BCUT2D eigenvalue weighted by molar-refractivity contribution is -0.137. The standard InChI is InChI=1S/C13H17F4N.ClH/c1-8(2)3-6-12(18)10-7-9(13(15,16)17)4-5-11(10)14;/h4-5,7-8,12H,3,6,18H2,1-2H3;1H/t12-;/m1./s1. The van der Waals surface area contributed by atoms with E-state index in [-0.39, 0.29) is 18.0 Å². The number of benzene rings is 1. The van der Waals surface area contributed by atoms with E-state index in [1.807, 2.05) is 13.8 Å². The van der Waals surface area contributed by atoms with Crippen LogP contribution in [0.5, 0.6) is 0 Å². The van der Waals surface area contributed by atoms with Gasteiger partial charge in [-0.1, -0.05) is 13.8 Å². The van der Waals surface area contributed by atoms with Gasteiger partial charge >= 0.3 is 6.18 Å². The van der Waals surface area contributed by atoms with Gasteiger partial charge in [-0.05, 0) is 37.0 Å². The monoisotopic (exact) mass is 299 g/mol. The fourth-order valence-electron chi connectivity index (χ4n) is 1.67. The molecule has 110 valence electrons. The van der Waals surface area contributed by atoms with Gasteiger partial charge < -0.3 is 5.73 Å². The summed E-state index contributed by atoms with van der Waals surface area (Å²) < 4.78 is 51.0. The molecule has 0 aliphatic heterocycles. The van der Waals surface area contributed by atoms with E-state index in [0.29, 0.717) is 12.3 Å². The molecule has 0 radical (unpaired) electrons. The SMILES string of the molecule is CC(C)CC[C@@H](N)c1cc(C(F)(F)F)ccc1F.Cl. The molecule has 0 spiro atoms. The van der Waals surface area contributed by atoms with Crippen LogP contribution in [-0.2, 0) is 6.18 Å². The van der Waals surface area contributed by atoms with Crippen molar-refractivity contribution < 1.29 is 17.6 Å². The average Bonchev–Trinajstić information content (AvgIpc) is 2.24. The van der Waals surface area contributed by atoms with Crippen molar-refractivity contribution in [1.29, 1.82) is 0 Å². The van der Waals surface area contributed by atoms with E-state index < -0.39 is 23.6 Å². The average molecular weight is 300 g/mol. The fourth-order valence-corrected chi connectivity index (χ4v) is 1.67. The molecule has 0 bridgehead atoms. The maximum atomic E-state index is 13.5. The molecule has 2 N–H and O–H groups in total. The molecular weight excluding hydrogens is 282 g/mol. The Balaban J connectivity index is 0.00000324. The van der Waals surface area contributed by atoms with E-state index in [9.17, 15) is 17.6 Å². The van der Waals surface area contributed by atoms with Crippen LogP contribution in [0.2, 0.25) is 0 Å². The number of rotatable bonds is 4. The second-order valence-corrected chi connectivity index (χ2v) is 4.81. The van der Waals surface area contributed by atoms with Crippen molar-refractivity contribution >= 4 is 12.4 Å². The van der Waals surface area contributed by atoms with Crippen LogP contribution in [0.25, 0.3) is 0 Å². The molecule has 0 amide bonds. The van der Waals surface area contributed by atoms with Crippen LogP contribution in [0.3, 0.4) is 0 Å². The first kappa shape index (κ1) is 18.2. The van der Waals surface area contributed by atoms with Gasteiger partial charge in [0.15, 0.2) is 0 Å². The smallest absolute Gasteiger partial charge is 0.324 e. The van der Waals surface area contributed by atoms with Gasteiger partial charge in [0.05, 0.1) is 5.56 Å². The molecule has 0 unspecified atom stereocenters. The van der Waals surface area contributed by atoms with Crippen molar-refractivity contribution in [3.8, 4) is 0 Å². The molecule has 0 aliphatic carbocycles. The van der Waals surface area contributed by atoms with Gasteiger partial charge in [-0.3, -0.25) is 0 Å². The largest absolute Gasteiger partial charge is 0.416 e. The van der Waals surface area contributed by atoms with Crippen LogP contribution in [-0.4, -0.2) is 0 Å². The Kier molecular flexibility index (Phi) is 6.80. The zero-order chi connectivity index (χ0) is 13.9. The molecule has 0 aromatic heterocycles. The summed E-state index contributed by atoms with van der Waals surface area (Å²) in [5.74, 6) is -0.302. The number of nitrogens with two attached hydrogens (primary N) is 1. The number of halogens is 5. The van der Waals surface area contributed by atoms with Gasteiger partial charge in [0.25, 0.3) is 0 Å². The van der Waals surface area contributed by atoms with Crippen LogP contribution in [0.1, 0.15) is 43.9 Å². The quantitative estimate of drug-likeness (QED) is 0.801. The summed E-state index contributed by atoms with van der Waals surface area (Å²) in [7, 11) is 0. The molecule has 0 heterocycles. The number of alkyl halides is 3. The minimum atomic E-state index is -4.47. The van der Waals surface area contributed by atoms with Crippen LogP contribution in [0, 0.1) is 11.7 Å². The highest BCUT2D eigenvalue weighted by molar-refractivity contribution is 5.85. The molecule has 1 rings (SSSR count). The molecule has 6 heteroatoms. The van der Waals surface area contributed by atoms with Crippen molar-refractivity contribution in [2.75, 3.05) is 0 Å². The van der Waals surface area contributed by atoms with E-state index in [2.05, 4.69) is 0 Å². The summed E-state index contributed by atoms with van der Waals surface area (Å²) in [5.41, 5.74) is 4.82. The Morgan fingerprint density at radius 1 is 1.16 bits per heavy atom. The Morgan fingerprint density at radius 2 is 1.74 bits per heavy atom. The predicted octanol–water partition coefficient (Wildman–Crippen LogP) is 4.70. The lowest BCUT2D eigenvalue weighted by Gasteiger charge is -2.16. The zero-order valence-electron chi connectivity index (χ0n) is 10.8. The molecule has 0 fully saturated rings. The van der Waals surface area contributed by atoms with Gasteiger partial charge in [0, 0.05) is 11.6 Å². The molecule has 0 saturated heterocycles. The first-order valence-electron chi connectivity index (χ1n) is 5.84. The van der Waals surface area contributed by atoms with Gasteiger partial charge in [0.1, 0.15) is 5.82 Å². The van der Waals surface area contributed by atoms with Gasteiger partial charge in [-0.2, -0.15) is 13.2 Å². The lowest BCUT2D eigenvalue weighted by atomic mass is 9.96. The van der Waals surface area contributed by atoms with E-state index >= 15 is 0 Å². The maximum Gasteiger partial charge on any atom is 0.416 e. The summed E-state index contributed by atoms with van der Waals surface area (Å²) in [6.45, 7) is 3.96. The summed E-state index contributed by atoms with van der Waals surface area (Å²) >= 11 is 0. The third-order valence-electron chi connectivity index (χ3n) is 2.78. The highest BCUT2D eigenvalue weighted by Crippen LogP contribution is 2.32. The number of hydrogen-bond donors (Lipinski definition) is 1. The second kappa shape index (κ2) is 7.10. The van der Waals surface area contributed by atoms with Crippen molar-refractivity contribution in [2.24, 2.45) is 11.7 Å². The van der Waals surface area contributed by atoms with Crippen molar-refractivity contribution in [2.45, 2.75) is 38.9 Å². The molecule has 1 aromatic carbocycles. The topological polar surface area (TPSA) is 26.0 Å². The Labute approximate surface area is 116 Å². The zero-order valence-corrected chi connectivity index (χ0v) is 11.6. The molecule has 1 nitrogen and oxygen atoms in total. The van der Waals surface area contributed by atoms with Gasteiger partial charge in [0.2, 0.25) is 0 Å². The van der Waals surface area contributed by atoms with E-state index in [4.69, 9.17) is 5.73 Å². The fraction of sp³-hybridized carbons (Fsp3) is 0.538. The lowest BCUT2D eigenvalue weighted by Crippen LogP contribution is -2.15. The maximum absolute atomic E-state index is 13.5.